The van der Waals surface area contributed by atoms with Crippen LogP contribution in [0.1, 0.15) is 41.5 Å². The number of hydroxylamine groups is 1. The Kier molecular flexibility index (Phi) is 3.07. The second kappa shape index (κ2) is 3.29. The van der Waals surface area contributed by atoms with E-state index in [0.717, 1.165) is 0 Å². The summed E-state index contributed by atoms with van der Waals surface area (Å²) in [6, 6.07) is 0. The van der Waals surface area contributed by atoms with E-state index < -0.39 is 11.1 Å². The average molecular weight is 174 g/mol. The van der Waals surface area contributed by atoms with E-state index in [2.05, 4.69) is 5.28 Å². The molecule has 0 heterocycles. The molecule has 0 fully saturated rings. The largest absolute Gasteiger partial charge is 0.597 e. The van der Waals surface area contributed by atoms with Gasteiger partial charge in [0.25, 0.3) is 0 Å². The maximum absolute atomic E-state index is 11.1. The Hall–Kier alpha value is -0.800. The van der Waals surface area contributed by atoms with Gasteiger partial charge < -0.3 is 10.0 Å². The Bertz CT molecular complexity index is 174. The highest BCUT2D eigenvalue weighted by atomic mass is 16.7. The predicted octanol–water partition coefficient (Wildman–Crippen LogP) is 2.48. The first-order chi connectivity index (χ1) is 5.13. The molecule has 0 N–H and O–H groups in total. The molecule has 0 bridgehead atoms. The summed E-state index contributed by atoms with van der Waals surface area (Å²) < 4.78 is 0. The Morgan fingerprint density at radius 2 is 1.50 bits per heavy atom. The first kappa shape index (κ1) is 11.2. The lowest BCUT2D eigenvalue weighted by atomic mass is 10.1. The monoisotopic (exact) mass is 174 g/mol. The van der Waals surface area contributed by atoms with Crippen molar-refractivity contribution in [1.82, 2.24) is 0 Å². The highest BCUT2D eigenvalue weighted by Crippen LogP contribution is 2.11. The van der Waals surface area contributed by atoms with Crippen molar-refractivity contribution in [1.29, 1.82) is 0 Å². The zero-order valence-corrected chi connectivity index (χ0v) is 8.71. The summed E-state index contributed by atoms with van der Waals surface area (Å²) in [6.07, 6.45) is 0. The minimum Gasteiger partial charge on any atom is -0.597 e. The molecular weight excluding hydrogens is 156 g/mol. The smallest absolute Gasteiger partial charge is 0.200 e. The maximum Gasteiger partial charge on any atom is 0.200 e. The van der Waals surface area contributed by atoms with Gasteiger partial charge >= 0.3 is 0 Å². The average Bonchev–Trinajstić information content (AvgIpc) is 1.78. The van der Waals surface area contributed by atoms with Gasteiger partial charge in [0.05, 0.1) is 0 Å². The molecule has 0 spiro atoms. The quantitative estimate of drug-likeness (QED) is 0.348. The molecule has 4 heteroatoms. The van der Waals surface area contributed by atoms with Crippen LogP contribution >= 0.6 is 0 Å². The SMILES string of the molecule is CC(C)(C)O/N=[N+](\[O-])C(C)(C)C. The lowest BCUT2D eigenvalue weighted by molar-refractivity contribution is -0.625. The topological polar surface area (TPSA) is 47.7 Å². The maximum atomic E-state index is 11.1. The molecule has 0 saturated carbocycles. The fourth-order valence-electron chi connectivity index (χ4n) is 0.282. The van der Waals surface area contributed by atoms with Gasteiger partial charge in [-0.25, -0.2) is 0 Å². The molecule has 0 radical (unpaired) electrons. The first-order valence-electron chi connectivity index (χ1n) is 3.99. The van der Waals surface area contributed by atoms with Gasteiger partial charge in [-0.1, -0.05) is 4.86 Å². The molecule has 72 valence electrons. The molecular formula is C8H18N2O2. The zero-order valence-electron chi connectivity index (χ0n) is 8.71. The van der Waals surface area contributed by atoms with Crippen LogP contribution in [0.15, 0.2) is 5.28 Å². The van der Waals surface area contributed by atoms with Crippen LogP contribution in [0, 0.1) is 5.21 Å². The fourth-order valence-corrected chi connectivity index (χ4v) is 0.282. The second-order valence-electron chi connectivity index (χ2n) is 4.73. The van der Waals surface area contributed by atoms with Gasteiger partial charge in [0.2, 0.25) is 5.28 Å². The predicted molar refractivity (Wildman–Crippen MR) is 46.6 cm³/mol. The molecule has 0 aliphatic carbocycles. The summed E-state index contributed by atoms with van der Waals surface area (Å²) >= 11 is 0. The Morgan fingerprint density at radius 3 is 1.75 bits per heavy atom. The molecule has 0 saturated heterocycles. The van der Waals surface area contributed by atoms with E-state index in [4.69, 9.17) is 4.84 Å². The van der Waals surface area contributed by atoms with E-state index in [1.165, 1.54) is 0 Å². The van der Waals surface area contributed by atoms with Crippen molar-refractivity contribution < 1.29 is 9.70 Å². The van der Waals surface area contributed by atoms with Crippen molar-refractivity contribution in [2.24, 2.45) is 5.28 Å². The molecule has 0 aliphatic rings. The fraction of sp³-hybridized carbons (Fsp3) is 1.00. The number of hydrogen-bond acceptors (Lipinski definition) is 3. The summed E-state index contributed by atoms with van der Waals surface area (Å²) in [6.45, 7) is 10.8. The molecule has 4 nitrogen and oxygen atoms in total. The second-order valence-corrected chi connectivity index (χ2v) is 4.73. The standard InChI is InChI=1S/C8H18N2O2/c1-7(2,3)10(11)9-12-8(4,5)6/h1-6H3/b10-9-. The minimum absolute atomic E-state index is 0.409. The third kappa shape index (κ3) is 4.93. The highest BCUT2D eigenvalue weighted by Gasteiger charge is 2.22. The lowest BCUT2D eigenvalue weighted by Crippen LogP contribution is -2.28. The van der Waals surface area contributed by atoms with Gasteiger partial charge in [-0.15, -0.1) is 0 Å². The van der Waals surface area contributed by atoms with Crippen LogP contribution < -0.4 is 0 Å². The molecule has 0 aromatic rings. The third-order valence-electron chi connectivity index (χ3n) is 0.963. The first-order valence-corrected chi connectivity index (χ1v) is 3.99. The van der Waals surface area contributed by atoms with Gasteiger partial charge in [-0.3, -0.25) is 0 Å². The van der Waals surface area contributed by atoms with Crippen molar-refractivity contribution in [2.75, 3.05) is 0 Å². The summed E-state index contributed by atoms with van der Waals surface area (Å²) in [5.74, 6) is 0. The van der Waals surface area contributed by atoms with Crippen molar-refractivity contribution in [3.63, 3.8) is 0 Å². The van der Waals surface area contributed by atoms with Gasteiger partial charge in [-0.05, 0) is 20.8 Å². The van der Waals surface area contributed by atoms with E-state index in [1.807, 2.05) is 20.8 Å². The van der Waals surface area contributed by atoms with Crippen molar-refractivity contribution >= 4 is 0 Å². The Morgan fingerprint density at radius 1 is 1.08 bits per heavy atom. The Labute approximate surface area is 73.8 Å². The van der Waals surface area contributed by atoms with E-state index in [-0.39, 0.29) is 0 Å². The van der Waals surface area contributed by atoms with Crippen LogP contribution in [0.25, 0.3) is 0 Å². The van der Waals surface area contributed by atoms with E-state index >= 15 is 0 Å². The van der Waals surface area contributed by atoms with E-state index in [0.29, 0.717) is 4.86 Å². The van der Waals surface area contributed by atoms with E-state index in [1.54, 1.807) is 20.8 Å². The molecule has 0 aliphatic heterocycles. The molecule has 0 amide bonds. The number of rotatable bonds is 1. The van der Waals surface area contributed by atoms with Crippen LogP contribution in [0.5, 0.6) is 0 Å². The van der Waals surface area contributed by atoms with E-state index in [9.17, 15) is 5.21 Å². The summed E-state index contributed by atoms with van der Waals surface area (Å²) in [5.41, 5.74) is -0.945. The molecule has 0 rings (SSSR count). The van der Waals surface area contributed by atoms with Crippen LogP contribution in [-0.2, 0) is 4.84 Å². The summed E-state index contributed by atoms with van der Waals surface area (Å²) in [7, 11) is 0. The third-order valence-corrected chi connectivity index (χ3v) is 0.963. The van der Waals surface area contributed by atoms with Gasteiger partial charge in [0.15, 0.2) is 5.54 Å². The molecule has 0 aromatic heterocycles. The van der Waals surface area contributed by atoms with Crippen LogP contribution in [0.2, 0.25) is 0 Å². The van der Waals surface area contributed by atoms with Crippen molar-refractivity contribution in [3.8, 4) is 0 Å². The molecule has 12 heavy (non-hydrogen) atoms. The normalized spacial score (nSPS) is 14.7. The summed E-state index contributed by atoms with van der Waals surface area (Å²) in [4.78, 5) is 5.52. The lowest BCUT2D eigenvalue weighted by Gasteiger charge is -2.17. The summed E-state index contributed by atoms with van der Waals surface area (Å²) in [5, 5.41) is 14.6. The molecule has 0 atom stereocenters. The van der Waals surface area contributed by atoms with Crippen molar-refractivity contribution in [3.05, 3.63) is 5.21 Å². The Balaban J connectivity index is 4.21. The minimum atomic E-state index is -0.536. The zero-order chi connectivity index (χ0) is 9.99. The van der Waals surface area contributed by atoms with Crippen LogP contribution in [-0.4, -0.2) is 16.0 Å². The number of nitrogens with zero attached hydrogens (tertiary/aromatic N) is 2. The van der Waals surface area contributed by atoms with Crippen LogP contribution in [0.4, 0.5) is 0 Å². The molecule has 0 aromatic carbocycles. The van der Waals surface area contributed by atoms with Gasteiger partial charge in [0, 0.05) is 20.8 Å². The van der Waals surface area contributed by atoms with Crippen molar-refractivity contribution in [2.45, 2.75) is 52.7 Å². The number of hydrogen-bond donors (Lipinski definition) is 0. The molecule has 0 unspecified atom stereocenters. The van der Waals surface area contributed by atoms with Gasteiger partial charge in [0.1, 0.15) is 5.60 Å². The van der Waals surface area contributed by atoms with Crippen LogP contribution in [0.3, 0.4) is 0 Å². The highest BCUT2D eigenvalue weighted by molar-refractivity contribution is 4.56. The van der Waals surface area contributed by atoms with Gasteiger partial charge in [-0.2, -0.15) is 0 Å².